The molecule has 2 aliphatic rings. The number of nitrogens with one attached hydrogen (secondary N) is 1. The minimum Gasteiger partial charge on any atom is -0.364 e. The first-order chi connectivity index (χ1) is 10.1. The number of benzene rings is 1. The lowest BCUT2D eigenvalue weighted by molar-refractivity contribution is -0.150. The standard InChI is InChI=1S/C15H19N3O3/c1-17-12-8-18(9-13(12)21-10-14(17)19)15(20)16-7-11-5-3-2-4-6-11/h2-6,12-13H,7-10H2,1H3,(H,16,20)/t12-,13-/m1/s1. The van der Waals surface area contributed by atoms with Crippen molar-refractivity contribution >= 4 is 11.9 Å². The number of nitrogens with zero attached hydrogens (tertiary/aromatic N) is 2. The van der Waals surface area contributed by atoms with Crippen LogP contribution in [0.25, 0.3) is 0 Å². The molecule has 21 heavy (non-hydrogen) atoms. The van der Waals surface area contributed by atoms with E-state index in [1.165, 1.54) is 0 Å². The van der Waals surface area contributed by atoms with Crippen LogP contribution in [0.2, 0.25) is 0 Å². The molecule has 0 spiro atoms. The first-order valence-electron chi connectivity index (χ1n) is 7.09. The number of carbonyl (C=O) groups is 2. The third kappa shape index (κ3) is 2.85. The predicted molar refractivity (Wildman–Crippen MR) is 76.5 cm³/mol. The van der Waals surface area contributed by atoms with Crippen molar-refractivity contribution in [2.45, 2.75) is 18.7 Å². The van der Waals surface area contributed by atoms with Crippen LogP contribution in [0.3, 0.4) is 0 Å². The summed E-state index contributed by atoms with van der Waals surface area (Å²) in [7, 11) is 1.77. The Balaban J connectivity index is 1.56. The number of urea groups is 1. The van der Waals surface area contributed by atoms with E-state index in [4.69, 9.17) is 4.74 Å². The van der Waals surface area contributed by atoms with Crippen LogP contribution in [0.15, 0.2) is 30.3 Å². The minimum atomic E-state index is -0.113. The summed E-state index contributed by atoms with van der Waals surface area (Å²) in [6, 6.07) is 9.63. The zero-order valence-corrected chi connectivity index (χ0v) is 12.0. The lowest BCUT2D eigenvalue weighted by atomic mass is 10.1. The Morgan fingerprint density at radius 3 is 2.86 bits per heavy atom. The van der Waals surface area contributed by atoms with Gasteiger partial charge in [0.25, 0.3) is 0 Å². The maximum atomic E-state index is 12.2. The molecule has 2 aliphatic heterocycles. The van der Waals surface area contributed by atoms with E-state index in [1.807, 2.05) is 30.3 Å². The number of likely N-dealkylation sites (N-methyl/N-ethyl adjacent to an activating group) is 1. The van der Waals surface area contributed by atoms with E-state index in [-0.39, 0.29) is 30.7 Å². The van der Waals surface area contributed by atoms with Gasteiger partial charge in [-0.3, -0.25) is 4.79 Å². The zero-order chi connectivity index (χ0) is 14.8. The van der Waals surface area contributed by atoms with E-state index in [2.05, 4.69) is 5.32 Å². The van der Waals surface area contributed by atoms with Crippen LogP contribution in [-0.2, 0) is 16.1 Å². The van der Waals surface area contributed by atoms with Crippen LogP contribution in [0.4, 0.5) is 4.79 Å². The van der Waals surface area contributed by atoms with E-state index in [9.17, 15) is 9.59 Å². The molecule has 0 unspecified atom stereocenters. The Labute approximate surface area is 123 Å². The summed E-state index contributed by atoms with van der Waals surface area (Å²) in [5.41, 5.74) is 1.06. The number of likely N-dealkylation sites (tertiary alicyclic amines) is 1. The van der Waals surface area contributed by atoms with Gasteiger partial charge in [0.15, 0.2) is 0 Å². The van der Waals surface area contributed by atoms with Gasteiger partial charge in [-0.15, -0.1) is 0 Å². The van der Waals surface area contributed by atoms with E-state index < -0.39 is 0 Å². The van der Waals surface area contributed by atoms with Crippen molar-refractivity contribution in [2.75, 3.05) is 26.7 Å². The smallest absolute Gasteiger partial charge is 0.317 e. The Bertz CT molecular complexity index is 534. The summed E-state index contributed by atoms with van der Waals surface area (Å²) in [5, 5.41) is 2.90. The van der Waals surface area contributed by atoms with Gasteiger partial charge >= 0.3 is 6.03 Å². The Morgan fingerprint density at radius 2 is 2.10 bits per heavy atom. The van der Waals surface area contributed by atoms with Crippen molar-refractivity contribution < 1.29 is 14.3 Å². The van der Waals surface area contributed by atoms with Crippen LogP contribution in [0, 0.1) is 0 Å². The molecule has 2 heterocycles. The number of amides is 3. The first kappa shape index (κ1) is 13.9. The molecule has 112 valence electrons. The monoisotopic (exact) mass is 289 g/mol. The average molecular weight is 289 g/mol. The minimum absolute atomic E-state index is 0.0252. The van der Waals surface area contributed by atoms with Crippen molar-refractivity contribution in [3.63, 3.8) is 0 Å². The van der Waals surface area contributed by atoms with Crippen LogP contribution >= 0.6 is 0 Å². The molecule has 2 atom stereocenters. The third-order valence-corrected chi connectivity index (χ3v) is 4.12. The summed E-state index contributed by atoms with van der Waals surface area (Å²) in [5.74, 6) is -0.0252. The molecule has 0 saturated carbocycles. The molecule has 0 aliphatic carbocycles. The normalized spacial score (nSPS) is 24.9. The number of carbonyl (C=O) groups excluding carboxylic acids is 2. The third-order valence-electron chi connectivity index (χ3n) is 4.12. The second-order valence-electron chi connectivity index (χ2n) is 5.47. The van der Waals surface area contributed by atoms with Crippen molar-refractivity contribution in [2.24, 2.45) is 0 Å². The van der Waals surface area contributed by atoms with Gasteiger partial charge in [0.1, 0.15) is 6.61 Å². The van der Waals surface area contributed by atoms with Gasteiger partial charge in [-0.1, -0.05) is 30.3 Å². The molecule has 0 aromatic heterocycles. The molecular formula is C15H19N3O3. The van der Waals surface area contributed by atoms with E-state index >= 15 is 0 Å². The second kappa shape index (κ2) is 5.73. The molecule has 6 heteroatoms. The zero-order valence-electron chi connectivity index (χ0n) is 12.0. The molecule has 3 amide bonds. The van der Waals surface area contributed by atoms with Gasteiger partial charge < -0.3 is 19.9 Å². The van der Waals surface area contributed by atoms with Crippen LogP contribution < -0.4 is 5.32 Å². The molecule has 2 fully saturated rings. The van der Waals surface area contributed by atoms with Crippen LogP contribution in [0.1, 0.15) is 5.56 Å². The van der Waals surface area contributed by atoms with Gasteiger partial charge in [-0.25, -0.2) is 4.79 Å². The summed E-state index contributed by atoms with van der Waals surface area (Å²) < 4.78 is 5.51. The Kier molecular flexibility index (Phi) is 3.79. The molecule has 3 rings (SSSR count). The molecular weight excluding hydrogens is 270 g/mol. The maximum Gasteiger partial charge on any atom is 0.317 e. The molecule has 0 radical (unpaired) electrons. The summed E-state index contributed by atoms with van der Waals surface area (Å²) >= 11 is 0. The summed E-state index contributed by atoms with van der Waals surface area (Å²) in [4.78, 5) is 27.2. The van der Waals surface area contributed by atoms with E-state index in [0.717, 1.165) is 5.56 Å². The highest BCUT2D eigenvalue weighted by atomic mass is 16.5. The van der Waals surface area contributed by atoms with Crippen molar-refractivity contribution in [3.05, 3.63) is 35.9 Å². The SMILES string of the molecule is CN1C(=O)CO[C@@H]2CN(C(=O)NCc3ccccc3)C[C@H]21. The number of hydrogen-bond acceptors (Lipinski definition) is 3. The van der Waals surface area contributed by atoms with Crippen molar-refractivity contribution in [3.8, 4) is 0 Å². The van der Waals surface area contributed by atoms with Crippen LogP contribution in [-0.4, -0.2) is 60.6 Å². The van der Waals surface area contributed by atoms with Gasteiger partial charge in [0, 0.05) is 20.1 Å². The van der Waals surface area contributed by atoms with Crippen LogP contribution in [0.5, 0.6) is 0 Å². The lowest BCUT2D eigenvalue weighted by Crippen LogP contribution is -2.51. The Hall–Kier alpha value is -2.08. The molecule has 2 saturated heterocycles. The van der Waals surface area contributed by atoms with Gasteiger partial charge in [-0.2, -0.15) is 0 Å². The molecule has 1 aromatic carbocycles. The number of ether oxygens (including phenoxy) is 1. The first-order valence-corrected chi connectivity index (χ1v) is 7.09. The quantitative estimate of drug-likeness (QED) is 0.859. The summed E-state index contributed by atoms with van der Waals surface area (Å²) in [6.45, 7) is 1.66. The predicted octanol–water partition coefficient (Wildman–Crippen LogP) is 0.438. The number of fused-ring (bicyclic) bond motifs is 1. The number of hydrogen-bond donors (Lipinski definition) is 1. The summed E-state index contributed by atoms with van der Waals surface area (Å²) in [6.07, 6.45) is -0.0739. The highest BCUT2D eigenvalue weighted by Crippen LogP contribution is 2.22. The lowest BCUT2D eigenvalue weighted by Gasteiger charge is -2.33. The molecule has 0 bridgehead atoms. The highest BCUT2D eigenvalue weighted by molar-refractivity contribution is 5.79. The molecule has 6 nitrogen and oxygen atoms in total. The largest absolute Gasteiger partial charge is 0.364 e. The Morgan fingerprint density at radius 1 is 1.33 bits per heavy atom. The number of morpholine rings is 1. The second-order valence-corrected chi connectivity index (χ2v) is 5.47. The van der Waals surface area contributed by atoms with Gasteiger partial charge in [0.2, 0.25) is 5.91 Å². The average Bonchev–Trinajstić information content (AvgIpc) is 2.95. The van der Waals surface area contributed by atoms with Crippen molar-refractivity contribution in [1.82, 2.24) is 15.1 Å². The topological polar surface area (TPSA) is 61.9 Å². The maximum absolute atomic E-state index is 12.2. The fourth-order valence-corrected chi connectivity index (χ4v) is 2.81. The highest BCUT2D eigenvalue weighted by Gasteiger charge is 2.43. The van der Waals surface area contributed by atoms with Crippen molar-refractivity contribution in [1.29, 1.82) is 0 Å². The fourth-order valence-electron chi connectivity index (χ4n) is 2.81. The van der Waals surface area contributed by atoms with E-state index in [0.29, 0.717) is 19.6 Å². The van der Waals surface area contributed by atoms with Gasteiger partial charge in [-0.05, 0) is 5.56 Å². The fraction of sp³-hybridized carbons (Fsp3) is 0.467. The van der Waals surface area contributed by atoms with E-state index in [1.54, 1.807) is 16.8 Å². The molecule has 1 aromatic rings. The van der Waals surface area contributed by atoms with Gasteiger partial charge in [0.05, 0.1) is 18.7 Å². The number of rotatable bonds is 2. The molecule has 1 N–H and O–H groups in total.